The molecule has 2 heteroatoms. The molecule has 0 N–H and O–H groups in total. The third-order valence-electron chi connectivity index (χ3n) is 6.45. The first-order chi connectivity index (χ1) is 10.2. The fourth-order valence-corrected chi connectivity index (χ4v) is 12.4. The second kappa shape index (κ2) is 6.31. The predicted octanol–water partition coefficient (Wildman–Crippen LogP) is 5.31. The van der Waals surface area contributed by atoms with Crippen molar-refractivity contribution in [2.45, 2.75) is 77.4 Å². The number of Topliss-reactive ketones (excluding diaryl/α,β-unsaturated/α-hetero) is 1. The van der Waals surface area contributed by atoms with E-state index in [0.717, 1.165) is 18.4 Å². The second-order valence-corrected chi connectivity index (χ2v) is 13.7. The molecule has 0 unspecified atom stereocenters. The monoisotopic (exact) mass is 316 g/mol. The molecule has 0 aromatic heterocycles. The minimum absolute atomic E-state index is 0.0819. The van der Waals surface area contributed by atoms with E-state index in [2.05, 4.69) is 65.0 Å². The van der Waals surface area contributed by atoms with Crippen LogP contribution in [-0.4, -0.2) is 13.9 Å². The molecule has 0 heterocycles. The highest BCUT2D eigenvalue weighted by Gasteiger charge is 2.53. The van der Waals surface area contributed by atoms with Gasteiger partial charge in [0.25, 0.3) is 0 Å². The summed E-state index contributed by atoms with van der Waals surface area (Å²) in [6.07, 6.45) is 3.40. The van der Waals surface area contributed by atoms with Crippen LogP contribution in [0.15, 0.2) is 30.3 Å². The molecule has 0 amide bonds. The Bertz CT molecular complexity index is 512. The van der Waals surface area contributed by atoms with Gasteiger partial charge in [0.2, 0.25) is 0 Å². The van der Waals surface area contributed by atoms with Crippen molar-refractivity contribution in [1.29, 1.82) is 0 Å². The van der Waals surface area contributed by atoms with Crippen molar-refractivity contribution in [3.8, 4) is 0 Å². The highest BCUT2D eigenvalue weighted by molar-refractivity contribution is 6.95. The molecule has 1 saturated carbocycles. The first-order valence-corrected chi connectivity index (χ1v) is 11.0. The molecule has 1 aliphatic rings. The van der Waals surface area contributed by atoms with Crippen molar-refractivity contribution in [1.82, 2.24) is 0 Å². The van der Waals surface area contributed by atoms with Gasteiger partial charge in [-0.1, -0.05) is 76.6 Å². The van der Waals surface area contributed by atoms with E-state index >= 15 is 0 Å². The summed E-state index contributed by atoms with van der Waals surface area (Å²) in [4.78, 5) is 12.1. The van der Waals surface area contributed by atoms with Gasteiger partial charge in [0.1, 0.15) is 5.78 Å². The molecule has 122 valence electrons. The van der Waals surface area contributed by atoms with Crippen LogP contribution in [0.2, 0.25) is 16.6 Å². The highest BCUT2D eigenvalue weighted by Crippen LogP contribution is 2.55. The maximum Gasteiger partial charge on any atom is 0.135 e. The number of ketones is 1. The Labute approximate surface area is 137 Å². The number of rotatable bonds is 5. The van der Waals surface area contributed by atoms with Crippen LogP contribution in [0.4, 0.5) is 0 Å². The van der Waals surface area contributed by atoms with Gasteiger partial charge in [0.05, 0.1) is 8.07 Å². The number of carbonyl (C=O) groups is 1. The van der Waals surface area contributed by atoms with Gasteiger partial charge in [-0.15, -0.1) is 0 Å². The number of benzene rings is 1. The Kier molecular flexibility index (Phi) is 5.01. The van der Waals surface area contributed by atoms with Gasteiger partial charge in [-0.05, 0) is 36.4 Å². The summed E-state index contributed by atoms with van der Waals surface area (Å²) in [6.45, 7) is 13.7. The summed E-state index contributed by atoms with van der Waals surface area (Å²) in [5.74, 6) is 0.387. The van der Waals surface area contributed by atoms with Crippen LogP contribution in [-0.2, 0) is 4.79 Å². The summed E-state index contributed by atoms with van der Waals surface area (Å²) in [5.41, 5.74) is 2.05. The smallest absolute Gasteiger partial charge is 0.135 e. The van der Waals surface area contributed by atoms with E-state index in [0.29, 0.717) is 16.9 Å². The van der Waals surface area contributed by atoms with Crippen LogP contribution in [0.5, 0.6) is 0 Å². The molecule has 0 radical (unpaired) electrons. The maximum absolute atomic E-state index is 12.1. The van der Waals surface area contributed by atoms with Gasteiger partial charge in [-0.25, -0.2) is 0 Å². The first-order valence-electron chi connectivity index (χ1n) is 8.81. The topological polar surface area (TPSA) is 17.1 Å². The maximum atomic E-state index is 12.1. The molecular weight excluding hydrogens is 284 g/mol. The van der Waals surface area contributed by atoms with Crippen LogP contribution >= 0.6 is 0 Å². The lowest BCUT2D eigenvalue weighted by Gasteiger charge is -2.45. The van der Waals surface area contributed by atoms with Gasteiger partial charge in [0, 0.05) is 5.41 Å². The third-order valence-corrected chi connectivity index (χ3v) is 13.5. The molecule has 0 spiro atoms. The highest BCUT2D eigenvalue weighted by atomic mass is 28.3. The Morgan fingerprint density at radius 2 is 1.68 bits per heavy atom. The number of hydrogen-bond acceptors (Lipinski definition) is 1. The standard InChI is InChI=1S/C20H32OSi/c1-15(2)22(16(3)4,18-10-8-7-9-11-18)19-12-13-20(6,14-19)17(5)21/h7-11,15-16,19H,12-14H2,1-6H3/t19-,20-/m1/s1. The Morgan fingerprint density at radius 3 is 2.09 bits per heavy atom. The lowest BCUT2D eigenvalue weighted by molar-refractivity contribution is -0.125. The van der Waals surface area contributed by atoms with Gasteiger partial charge in [-0.3, -0.25) is 4.79 Å². The zero-order valence-electron chi connectivity index (χ0n) is 15.1. The van der Waals surface area contributed by atoms with E-state index in [9.17, 15) is 4.79 Å². The van der Waals surface area contributed by atoms with Crippen molar-refractivity contribution in [2.24, 2.45) is 5.41 Å². The van der Waals surface area contributed by atoms with Crippen LogP contribution < -0.4 is 5.19 Å². The average Bonchev–Trinajstić information content (AvgIpc) is 2.84. The summed E-state index contributed by atoms with van der Waals surface area (Å²) in [7, 11) is -1.68. The van der Waals surface area contributed by atoms with Gasteiger partial charge >= 0.3 is 0 Å². The molecule has 1 aliphatic carbocycles. The fraction of sp³-hybridized carbons (Fsp3) is 0.650. The van der Waals surface area contributed by atoms with Crippen LogP contribution in [0.3, 0.4) is 0 Å². The van der Waals surface area contributed by atoms with Crippen LogP contribution in [0, 0.1) is 5.41 Å². The molecule has 1 nitrogen and oxygen atoms in total. The van der Waals surface area contributed by atoms with Crippen LogP contribution in [0.1, 0.15) is 60.8 Å². The molecule has 1 aromatic rings. The fourth-order valence-electron chi connectivity index (χ4n) is 5.21. The summed E-state index contributed by atoms with van der Waals surface area (Å²) < 4.78 is 0. The van der Waals surface area contributed by atoms with Crippen molar-refractivity contribution in [3.63, 3.8) is 0 Å². The van der Waals surface area contributed by atoms with E-state index in [1.165, 1.54) is 6.42 Å². The SMILES string of the molecule is CC(=O)[C@]1(C)CC[C@@H]([Si](c2ccccc2)(C(C)C)C(C)C)C1. The average molecular weight is 317 g/mol. The van der Waals surface area contributed by atoms with E-state index in [4.69, 9.17) is 0 Å². The van der Waals surface area contributed by atoms with Crippen molar-refractivity contribution in [2.75, 3.05) is 0 Å². The van der Waals surface area contributed by atoms with E-state index in [-0.39, 0.29) is 5.41 Å². The molecule has 0 aliphatic heterocycles. The minimum Gasteiger partial charge on any atom is -0.299 e. The Morgan fingerprint density at radius 1 is 1.14 bits per heavy atom. The Hall–Kier alpha value is -0.893. The zero-order valence-corrected chi connectivity index (χ0v) is 16.1. The molecule has 1 fully saturated rings. The van der Waals surface area contributed by atoms with E-state index in [1.807, 2.05) is 0 Å². The zero-order chi connectivity index (χ0) is 16.5. The van der Waals surface area contributed by atoms with Gasteiger partial charge in [-0.2, -0.15) is 0 Å². The minimum atomic E-state index is -1.68. The summed E-state index contributed by atoms with van der Waals surface area (Å²) in [6, 6.07) is 11.2. The number of hydrogen-bond donors (Lipinski definition) is 0. The van der Waals surface area contributed by atoms with Gasteiger partial charge < -0.3 is 0 Å². The Balaban J connectivity index is 2.49. The van der Waals surface area contributed by atoms with E-state index < -0.39 is 8.07 Å². The quantitative estimate of drug-likeness (QED) is 0.673. The largest absolute Gasteiger partial charge is 0.299 e. The third kappa shape index (κ3) is 2.71. The second-order valence-electron chi connectivity index (χ2n) is 8.17. The molecule has 0 bridgehead atoms. The molecule has 0 saturated heterocycles. The van der Waals surface area contributed by atoms with Gasteiger partial charge in [0.15, 0.2) is 0 Å². The molecule has 2 atom stereocenters. The predicted molar refractivity (Wildman–Crippen MR) is 98.4 cm³/mol. The first kappa shape index (κ1) is 17.5. The molecule has 2 rings (SSSR count). The normalized spacial score (nSPS) is 25.9. The van der Waals surface area contributed by atoms with E-state index in [1.54, 1.807) is 12.1 Å². The molecule has 1 aromatic carbocycles. The van der Waals surface area contributed by atoms with Crippen molar-refractivity contribution in [3.05, 3.63) is 30.3 Å². The van der Waals surface area contributed by atoms with Crippen molar-refractivity contribution >= 4 is 19.0 Å². The summed E-state index contributed by atoms with van der Waals surface area (Å²) >= 11 is 0. The molecule has 22 heavy (non-hydrogen) atoms. The summed E-state index contributed by atoms with van der Waals surface area (Å²) in [5, 5.41) is 1.60. The molecular formula is C20H32OSi. The van der Waals surface area contributed by atoms with Crippen molar-refractivity contribution < 1.29 is 4.79 Å². The lowest BCUT2D eigenvalue weighted by Crippen LogP contribution is -2.56. The van der Waals surface area contributed by atoms with Crippen LogP contribution in [0.25, 0.3) is 0 Å². The lowest BCUT2D eigenvalue weighted by atomic mass is 9.85. The number of carbonyl (C=O) groups excluding carboxylic acids is 1.